The fraction of sp³-hybridized carbons (Fsp3) is 0.909. The zero-order valence-electron chi connectivity index (χ0n) is 20.3. The maximum Gasteiger partial charge on any atom is 0.408 e. The van der Waals surface area contributed by atoms with Gasteiger partial charge in [-0.3, -0.25) is 4.99 Å². The Morgan fingerprint density at radius 1 is 1.17 bits per heavy atom. The monoisotopic (exact) mass is 427 g/mol. The number of carbonyl (C=O) groups is 1. The number of hydrogen-bond donors (Lipinski definition) is 3. The summed E-state index contributed by atoms with van der Waals surface area (Å²) in [7, 11) is 3.54. The third-order valence-corrected chi connectivity index (χ3v) is 5.69. The average Bonchev–Trinajstić information content (AvgIpc) is 2.70. The van der Waals surface area contributed by atoms with Crippen LogP contribution >= 0.6 is 0 Å². The molecule has 0 aromatic carbocycles. The van der Waals surface area contributed by atoms with Gasteiger partial charge >= 0.3 is 6.09 Å². The van der Waals surface area contributed by atoms with E-state index >= 15 is 0 Å². The summed E-state index contributed by atoms with van der Waals surface area (Å²) in [4.78, 5) is 19.2. The minimum Gasteiger partial charge on any atom is -0.444 e. The molecule has 8 heteroatoms. The molecular weight excluding hydrogens is 382 g/mol. The van der Waals surface area contributed by atoms with Gasteiger partial charge in [-0.2, -0.15) is 0 Å². The summed E-state index contributed by atoms with van der Waals surface area (Å²) in [5, 5.41) is 10.0. The van der Waals surface area contributed by atoms with Gasteiger partial charge in [0, 0.05) is 53.0 Å². The smallest absolute Gasteiger partial charge is 0.408 e. The first-order chi connectivity index (χ1) is 14.2. The molecule has 0 aromatic rings. The number of amides is 1. The average molecular weight is 428 g/mol. The van der Waals surface area contributed by atoms with E-state index in [1.54, 1.807) is 14.2 Å². The Balaban J connectivity index is 2.51. The van der Waals surface area contributed by atoms with Gasteiger partial charge in [0.2, 0.25) is 0 Å². The number of ether oxygens (including phenoxy) is 2. The van der Waals surface area contributed by atoms with Crippen LogP contribution in [-0.4, -0.2) is 81.1 Å². The molecule has 176 valence electrons. The second-order valence-corrected chi connectivity index (χ2v) is 9.15. The summed E-state index contributed by atoms with van der Waals surface area (Å²) in [6, 6.07) is 0.409. The predicted octanol–water partition coefficient (Wildman–Crippen LogP) is 2.74. The molecule has 1 aliphatic rings. The zero-order valence-corrected chi connectivity index (χ0v) is 20.3. The molecule has 30 heavy (non-hydrogen) atoms. The second-order valence-electron chi connectivity index (χ2n) is 9.15. The van der Waals surface area contributed by atoms with Crippen LogP contribution in [0.25, 0.3) is 0 Å². The zero-order chi connectivity index (χ0) is 22.6. The van der Waals surface area contributed by atoms with Gasteiger partial charge in [0.1, 0.15) is 5.60 Å². The van der Waals surface area contributed by atoms with Crippen LogP contribution in [0.15, 0.2) is 4.99 Å². The van der Waals surface area contributed by atoms with E-state index in [0.29, 0.717) is 12.6 Å². The van der Waals surface area contributed by atoms with Crippen molar-refractivity contribution in [3.8, 4) is 0 Å². The molecule has 1 rings (SSSR count). The van der Waals surface area contributed by atoms with Crippen LogP contribution < -0.4 is 16.0 Å². The molecule has 1 saturated heterocycles. The molecule has 0 saturated carbocycles. The van der Waals surface area contributed by atoms with Gasteiger partial charge in [0.05, 0.1) is 5.54 Å². The number of aliphatic imine (C=N–C) groups is 1. The van der Waals surface area contributed by atoms with Crippen molar-refractivity contribution in [1.82, 2.24) is 20.9 Å². The fourth-order valence-electron chi connectivity index (χ4n) is 3.62. The lowest BCUT2D eigenvalue weighted by Crippen LogP contribution is -2.58. The largest absolute Gasteiger partial charge is 0.444 e. The van der Waals surface area contributed by atoms with Crippen molar-refractivity contribution in [2.45, 2.75) is 83.9 Å². The van der Waals surface area contributed by atoms with Crippen molar-refractivity contribution in [3.05, 3.63) is 0 Å². The van der Waals surface area contributed by atoms with Crippen molar-refractivity contribution in [2.24, 2.45) is 4.99 Å². The quantitative estimate of drug-likeness (QED) is 0.282. The van der Waals surface area contributed by atoms with Crippen LogP contribution in [0.5, 0.6) is 0 Å². The lowest BCUT2D eigenvalue weighted by atomic mass is 9.93. The van der Waals surface area contributed by atoms with E-state index in [2.05, 4.69) is 39.7 Å². The Labute approximate surface area is 183 Å². The molecule has 0 spiro atoms. The molecule has 0 bridgehead atoms. The summed E-state index contributed by atoms with van der Waals surface area (Å²) in [5.74, 6) is 0.782. The van der Waals surface area contributed by atoms with Gasteiger partial charge in [-0.15, -0.1) is 0 Å². The number of carbonyl (C=O) groups excluding carboxylic acids is 1. The van der Waals surface area contributed by atoms with Gasteiger partial charge in [-0.05, 0) is 52.9 Å². The maximum atomic E-state index is 12.3. The van der Waals surface area contributed by atoms with Crippen molar-refractivity contribution >= 4 is 12.1 Å². The number of methoxy groups -OCH3 is 1. The van der Waals surface area contributed by atoms with Gasteiger partial charge in [-0.25, -0.2) is 4.79 Å². The van der Waals surface area contributed by atoms with E-state index < -0.39 is 5.60 Å². The van der Waals surface area contributed by atoms with E-state index in [1.807, 2.05) is 20.8 Å². The molecule has 3 N–H and O–H groups in total. The third-order valence-electron chi connectivity index (χ3n) is 5.69. The standard InChI is InChI=1S/C22H45N5O3/c1-8-22(9-2,26-20(28)30-21(3,4)5)17-24-19(23-6)25-18-11-14-27(15-12-18)13-10-16-29-7/h18H,8-17H2,1-7H3,(H,26,28)(H2,23,24,25). The minimum atomic E-state index is -0.513. The highest BCUT2D eigenvalue weighted by molar-refractivity contribution is 5.80. The summed E-state index contributed by atoms with van der Waals surface area (Å²) in [6.45, 7) is 14.5. The van der Waals surface area contributed by atoms with E-state index in [4.69, 9.17) is 9.47 Å². The van der Waals surface area contributed by atoms with Crippen LogP contribution in [0.1, 0.15) is 66.7 Å². The number of alkyl carbamates (subject to hydrolysis) is 1. The van der Waals surface area contributed by atoms with Crippen molar-refractivity contribution in [3.63, 3.8) is 0 Å². The lowest BCUT2D eigenvalue weighted by molar-refractivity contribution is 0.0448. The molecule has 8 nitrogen and oxygen atoms in total. The summed E-state index contributed by atoms with van der Waals surface area (Å²) < 4.78 is 10.6. The highest BCUT2D eigenvalue weighted by Gasteiger charge is 2.31. The number of hydrogen-bond acceptors (Lipinski definition) is 5. The van der Waals surface area contributed by atoms with Crippen molar-refractivity contribution in [1.29, 1.82) is 0 Å². The van der Waals surface area contributed by atoms with E-state index in [9.17, 15) is 4.79 Å². The first-order valence-corrected chi connectivity index (χ1v) is 11.4. The fourth-order valence-corrected chi connectivity index (χ4v) is 3.62. The number of rotatable bonds is 10. The second kappa shape index (κ2) is 13.0. The molecule has 1 amide bonds. The first kappa shape index (κ1) is 26.5. The highest BCUT2D eigenvalue weighted by atomic mass is 16.6. The Morgan fingerprint density at radius 3 is 2.30 bits per heavy atom. The minimum absolute atomic E-state index is 0.378. The Kier molecular flexibility index (Phi) is 11.5. The molecule has 0 radical (unpaired) electrons. The number of piperidine rings is 1. The molecule has 1 aliphatic heterocycles. The van der Waals surface area contributed by atoms with Gasteiger partial charge in [-0.1, -0.05) is 13.8 Å². The van der Waals surface area contributed by atoms with E-state index in [-0.39, 0.29) is 11.6 Å². The number of guanidine groups is 1. The van der Waals surface area contributed by atoms with Crippen LogP contribution in [0.4, 0.5) is 4.79 Å². The van der Waals surface area contributed by atoms with E-state index in [0.717, 1.165) is 64.3 Å². The van der Waals surface area contributed by atoms with Gasteiger partial charge in [0.15, 0.2) is 5.96 Å². The van der Waals surface area contributed by atoms with Crippen LogP contribution in [-0.2, 0) is 9.47 Å². The Hall–Kier alpha value is -1.54. The van der Waals surface area contributed by atoms with Gasteiger partial charge < -0.3 is 30.3 Å². The first-order valence-electron chi connectivity index (χ1n) is 11.4. The molecule has 0 unspecified atom stereocenters. The topological polar surface area (TPSA) is 87.2 Å². The molecular formula is C22H45N5O3. The third kappa shape index (κ3) is 9.98. The summed E-state index contributed by atoms with van der Waals surface area (Å²) >= 11 is 0. The molecule has 1 heterocycles. The van der Waals surface area contributed by atoms with Crippen LogP contribution in [0, 0.1) is 0 Å². The van der Waals surface area contributed by atoms with Gasteiger partial charge in [0.25, 0.3) is 0 Å². The SMILES string of the molecule is CCC(CC)(CNC(=NC)NC1CCN(CCCOC)CC1)NC(=O)OC(C)(C)C. The van der Waals surface area contributed by atoms with Crippen molar-refractivity contribution in [2.75, 3.05) is 46.9 Å². The molecule has 0 aromatic heterocycles. The predicted molar refractivity (Wildman–Crippen MR) is 123 cm³/mol. The summed E-state index contributed by atoms with van der Waals surface area (Å²) in [6.07, 6.45) is 4.49. The highest BCUT2D eigenvalue weighted by Crippen LogP contribution is 2.16. The van der Waals surface area contributed by atoms with Crippen LogP contribution in [0.2, 0.25) is 0 Å². The number of likely N-dealkylation sites (tertiary alicyclic amines) is 1. The van der Waals surface area contributed by atoms with Crippen LogP contribution in [0.3, 0.4) is 0 Å². The normalized spacial score (nSPS) is 17.0. The summed E-state index contributed by atoms with van der Waals surface area (Å²) in [5.41, 5.74) is -0.897. The Bertz CT molecular complexity index is 521. The maximum absolute atomic E-state index is 12.3. The number of nitrogens with one attached hydrogen (secondary N) is 3. The van der Waals surface area contributed by atoms with E-state index in [1.165, 1.54) is 0 Å². The molecule has 0 atom stereocenters. The van der Waals surface area contributed by atoms with Crippen molar-refractivity contribution < 1.29 is 14.3 Å². The molecule has 1 fully saturated rings. The molecule has 0 aliphatic carbocycles. The lowest BCUT2D eigenvalue weighted by Gasteiger charge is -2.36. The Morgan fingerprint density at radius 2 is 1.80 bits per heavy atom. The number of nitrogens with zero attached hydrogens (tertiary/aromatic N) is 2.